The number of esters is 1. The summed E-state index contributed by atoms with van der Waals surface area (Å²) >= 11 is 0. The molecule has 0 saturated heterocycles. The van der Waals surface area contributed by atoms with Gasteiger partial charge < -0.3 is 40.0 Å². The van der Waals surface area contributed by atoms with Crippen molar-refractivity contribution in [1.82, 2.24) is 14.9 Å². The van der Waals surface area contributed by atoms with Gasteiger partial charge >= 0.3 is 5.97 Å². The molecule has 15 nitrogen and oxygen atoms in total. The zero-order valence-corrected chi connectivity index (χ0v) is 38.6. The van der Waals surface area contributed by atoms with E-state index in [0.29, 0.717) is 46.0 Å². The summed E-state index contributed by atoms with van der Waals surface area (Å²) in [5.74, 6) is 0.653. The van der Waals surface area contributed by atoms with E-state index >= 15 is 0 Å². The van der Waals surface area contributed by atoms with E-state index in [4.69, 9.17) is 25.6 Å². The minimum absolute atomic E-state index is 0.0142. The molecule has 0 aliphatic heterocycles. The summed E-state index contributed by atoms with van der Waals surface area (Å²) in [6.07, 6.45) is 6.61. The van der Waals surface area contributed by atoms with Crippen LogP contribution in [0.15, 0.2) is 116 Å². The van der Waals surface area contributed by atoms with Crippen LogP contribution in [0.2, 0.25) is 0 Å². The van der Waals surface area contributed by atoms with Gasteiger partial charge in [0.05, 0.1) is 45.6 Å². The van der Waals surface area contributed by atoms with Crippen molar-refractivity contribution < 1.29 is 38.2 Å². The Morgan fingerprint density at radius 3 is 2.04 bits per heavy atom. The fourth-order valence-electron chi connectivity index (χ4n) is 6.91. The van der Waals surface area contributed by atoms with Crippen LogP contribution >= 0.6 is 0 Å². The highest BCUT2D eigenvalue weighted by Crippen LogP contribution is 2.40. The molecular formula is C53H51N7O8. The van der Waals surface area contributed by atoms with Crippen molar-refractivity contribution in [3.8, 4) is 41.3 Å². The number of nitrogens with zero attached hydrogens (tertiary/aromatic N) is 3. The lowest BCUT2D eigenvalue weighted by atomic mass is 10.1. The monoisotopic (exact) mass is 913 g/mol. The second-order valence-electron chi connectivity index (χ2n) is 16.6. The number of aryl methyl sites for hydroxylation is 1. The molecule has 4 amide bonds. The minimum atomic E-state index is -1.08. The number of hydrogen-bond acceptors (Lipinski definition) is 10. The Kier molecular flexibility index (Phi) is 15.4. The summed E-state index contributed by atoms with van der Waals surface area (Å²) in [7, 11) is 0. The van der Waals surface area contributed by atoms with E-state index in [2.05, 4.69) is 39.8 Å². The number of nitriles is 1. The van der Waals surface area contributed by atoms with Gasteiger partial charge in [-0.1, -0.05) is 24.8 Å². The zero-order valence-electron chi connectivity index (χ0n) is 38.6. The smallest absolute Gasteiger partial charge is 0.338 e. The fraction of sp³-hybridized carbons (Fsp3) is 0.226. The largest absolute Gasteiger partial charge is 0.485 e. The quantitative estimate of drug-likeness (QED) is 0.0388. The molecule has 0 aliphatic carbocycles. The first-order valence-corrected chi connectivity index (χ1v) is 21.7. The Morgan fingerprint density at radius 2 is 1.44 bits per heavy atom. The molecule has 5 aromatic carbocycles. The molecule has 1 unspecified atom stereocenters. The number of ether oxygens (including phenoxy) is 3. The Balaban J connectivity index is 1.12. The molecule has 0 bridgehead atoms. The van der Waals surface area contributed by atoms with Gasteiger partial charge in [-0.2, -0.15) is 5.26 Å². The molecule has 0 fully saturated rings. The van der Waals surface area contributed by atoms with Crippen molar-refractivity contribution in [1.29, 1.82) is 5.26 Å². The van der Waals surface area contributed by atoms with Crippen molar-refractivity contribution in [2.45, 2.75) is 72.3 Å². The van der Waals surface area contributed by atoms with Crippen LogP contribution in [0.3, 0.4) is 0 Å². The molecule has 1 heterocycles. The molecule has 1 atom stereocenters. The molecule has 68 heavy (non-hydrogen) atoms. The molecule has 6 aromatic rings. The third-order valence-corrected chi connectivity index (χ3v) is 10.0. The highest BCUT2D eigenvalue weighted by atomic mass is 16.6. The van der Waals surface area contributed by atoms with E-state index in [1.54, 1.807) is 95.3 Å². The van der Waals surface area contributed by atoms with E-state index < -0.39 is 47.3 Å². The maximum Gasteiger partial charge on any atom is 0.338 e. The highest BCUT2D eigenvalue weighted by Gasteiger charge is 2.26. The van der Waals surface area contributed by atoms with Gasteiger partial charge in [0.25, 0.3) is 17.7 Å². The highest BCUT2D eigenvalue weighted by molar-refractivity contribution is 6.10. The van der Waals surface area contributed by atoms with Gasteiger partial charge in [0, 0.05) is 41.0 Å². The van der Waals surface area contributed by atoms with E-state index in [1.165, 1.54) is 42.5 Å². The minimum Gasteiger partial charge on any atom is -0.485 e. The van der Waals surface area contributed by atoms with Gasteiger partial charge in [-0.15, -0.1) is 12.3 Å². The molecule has 346 valence electrons. The molecule has 0 saturated carbocycles. The average molecular weight is 914 g/mol. The third kappa shape index (κ3) is 12.0. The number of amides is 4. The van der Waals surface area contributed by atoms with Crippen LogP contribution in [0, 0.1) is 23.7 Å². The Labute approximate surface area is 394 Å². The number of fused-ring (bicyclic) bond motifs is 1. The zero-order chi connectivity index (χ0) is 49.1. The molecule has 0 radical (unpaired) electrons. The number of terminal acetylenes is 1. The number of hydrogen-bond donors (Lipinski definition) is 4. The average Bonchev–Trinajstić information content (AvgIpc) is 3.69. The second kappa shape index (κ2) is 21.5. The van der Waals surface area contributed by atoms with Gasteiger partial charge in [-0.3, -0.25) is 19.2 Å². The standard InChI is InChI=1S/C53H51N7O8/c1-9-12-42(59-49(62)35-16-14-34(15-17-35)47-57-43-30-33(31-54)13-28-44(43)60(47)11-3)51(64)56-39-22-18-36(19-23-39)48(61)58-41-27-26-40(45(66-29-10-2)46(41)67-32(4)5)50(63)55-38-24-20-37(21-25-38)52(65)68-53(6,7)8/h1,10,13-28,30,32,42H,2,11-12,29H2,3-8H3,(H,55,63)(H,56,64)(H,58,61)(H,59,62). The lowest BCUT2D eigenvalue weighted by Gasteiger charge is -2.21. The predicted octanol–water partition coefficient (Wildman–Crippen LogP) is 9.17. The van der Waals surface area contributed by atoms with E-state index in [0.717, 1.165) is 11.1 Å². The first-order chi connectivity index (χ1) is 32.5. The van der Waals surface area contributed by atoms with Gasteiger partial charge in [-0.05, 0) is 133 Å². The maximum atomic E-state index is 13.7. The SMILES string of the molecule is C#CCC(NC(=O)c1ccc(-c2nc3cc(C#N)ccc3n2CC)cc1)C(=O)Nc1ccc(C(=O)Nc2ccc(C(=O)Nc3ccc(C(=O)OC(C)(C)C)cc3)c(OCC=C)c2OC(C)C)cc1. The van der Waals surface area contributed by atoms with Crippen molar-refractivity contribution in [2.75, 3.05) is 22.6 Å². The molecule has 0 aliphatic rings. The van der Waals surface area contributed by atoms with E-state index in [-0.39, 0.29) is 41.3 Å². The molecular weight excluding hydrogens is 863 g/mol. The van der Waals surface area contributed by atoms with Crippen molar-refractivity contribution in [3.05, 3.63) is 144 Å². The fourth-order valence-corrected chi connectivity index (χ4v) is 6.91. The van der Waals surface area contributed by atoms with Crippen LogP contribution in [-0.2, 0) is 16.1 Å². The predicted molar refractivity (Wildman–Crippen MR) is 261 cm³/mol. The van der Waals surface area contributed by atoms with Crippen LogP contribution in [0.1, 0.15) is 95.0 Å². The topological polar surface area (TPSA) is 203 Å². The first kappa shape index (κ1) is 48.8. The van der Waals surface area contributed by atoms with Gasteiger partial charge in [0.2, 0.25) is 5.91 Å². The van der Waals surface area contributed by atoms with E-state index in [9.17, 15) is 29.2 Å². The summed E-state index contributed by atoms with van der Waals surface area (Å²) in [5.41, 5.74) is 4.09. The summed E-state index contributed by atoms with van der Waals surface area (Å²) in [5, 5.41) is 20.5. The number of rotatable bonds is 17. The van der Waals surface area contributed by atoms with Crippen LogP contribution in [0.4, 0.5) is 17.1 Å². The Bertz CT molecular complexity index is 2950. The molecule has 15 heteroatoms. The Morgan fingerprint density at radius 1 is 0.809 bits per heavy atom. The number of nitrogens with one attached hydrogen (secondary N) is 4. The van der Waals surface area contributed by atoms with Gasteiger partial charge in [0.15, 0.2) is 11.5 Å². The van der Waals surface area contributed by atoms with Crippen LogP contribution in [0.25, 0.3) is 22.4 Å². The summed E-state index contributed by atoms with van der Waals surface area (Å²) in [6, 6.07) is 28.5. The van der Waals surface area contributed by atoms with Crippen LogP contribution in [-0.4, -0.2) is 63.5 Å². The van der Waals surface area contributed by atoms with Crippen molar-refractivity contribution >= 4 is 57.7 Å². The maximum absolute atomic E-state index is 13.7. The summed E-state index contributed by atoms with van der Waals surface area (Å²) < 4.78 is 19.6. The summed E-state index contributed by atoms with van der Waals surface area (Å²) in [4.78, 5) is 71.4. The van der Waals surface area contributed by atoms with E-state index in [1.807, 2.05) is 17.6 Å². The molecule has 0 spiro atoms. The van der Waals surface area contributed by atoms with Crippen LogP contribution < -0.4 is 30.7 Å². The number of carbonyl (C=O) groups excluding carboxylic acids is 5. The van der Waals surface area contributed by atoms with Crippen molar-refractivity contribution in [2.24, 2.45) is 0 Å². The number of aromatic nitrogens is 2. The molecule has 1 aromatic heterocycles. The van der Waals surface area contributed by atoms with Crippen LogP contribution in [0.5, 0.6) is 11.5 Å². The normalized spacial score (nSPS) is 11.4. The Hall–Kier alpha value is -8.69. The van der Waals surface area contributed by atoms with Gasteiger partial charge in [-0.25, -0.2) is 9.78 Å². The number of carbonyl (C=O) groups is 5. The number of imidazole rings is 1. The third-order valence-electron chi connectivity index (χ3n) is 10.0. The summed E-state index contributed by atoms with van der Waals surface area (Å²) in [6.45, 7) is 15.3. The number of benzene rings is 5. The molecule has 6 rings (SSSR count). The number of anilines is 3. The molecule has 4 N–H and O–H groups in total. The van der Waals surface area contributed by atoms with Gasteiger partial charge in [0.1, 0.15) is 24.1 Å². The lowest BCUT2D eigenvalue weighted by molar-refractivity contribution is -0.117. The van der Waals surface area contributed by atoms with Crippen molar-refractivity contribution in [3.63, 3.8) is 0 Å². The lowest BCUT2D eigenvalue weighted by Crippen LogP contribution is -2.43. The first-order valence-electron chi connectivity index (χ1n) is 21.7. The second-order valence-corrected chi connectivity index (χ2v) is 16.6.